The molecule has 0 aliphatic rings. The van der Waals surface area contributed by atoms with Crippen molar-refractivity contribution >= 4 is 5.69 Å². The van der Waals surface area contributed by atoms with Gasteiger partial charge < -0.3 is 10.4 Å². The molecule has 100 valence electrons. The molecule has 2 aromatic carbocycles. The van der Waals surface area contributed by atoms with Gasteiger partial charge in [-0.2, -0.15) is 0 Å². The normalized spacial score (nSPS) is 12.2. The molecular formula is C15H15F2NO. The van der Waals surface area contributed by atoms with Crippen LogP contribution in [0.4, 0.5) is 14.5 Å². The average molecular weight is 263 g/mol. The average Bonchev–Trinajstić information content (AvgIpc) is 2.36. The molecule has 0 saturated heterocycles. The topological polar surface area (TPSA) is 32.3 Å². The Hall–Kier alpha value is -2.10. The summed E-state index contributed by atoms with van der Waals surface area (Å²) in [7, 11) is 0. The van der Waals surface area contributed by atoms with E-state index in [2.05, 4.69) is 5.32 Å². The third-order valence-electron chi connectivity index (χ3n) is 2.95. The van der Waals surface area contributed by atoms with Crippen LogP contribution in [0, 0.1) is 18.6 Å². The smallest absolute Gasteiger partial charge is 0.146 e. The molecule has 19 heavy (non-hydrogen) atoms. The second-order valence-electron chi connectivity index (χ2n) is 4.55. The third kappa shape index (κ3) is 3.02. The highest BCUT2D eigenvalue weighted by atomic mass is 19.1. The molecule has 0 aromatic heterocycles. The van der Waals surface area contributed by atoms with Gasteiger partial charge in [0.05, 0.1) is 11.7 Å². The van der Waals surface area contributed by atoms with Crippen LogP contribution in [-0.4, -0.2) is 5.11 Å². The summed E-state index contributed by atoms with van der Waals surface area (Å²) in [4.78, 5) is 0. The summed E-state index contributed by atoms with van der Waals surface area (Å²) in [5, 5.41) is 12.6. The van der Waals surface area contributed by atoms with Gasteiger partial charge in [0.25, 0.3) is 0 Å². The summed E-state index contributed by atoms with van der Waals surface area (Å²) in [6.45, 7) is 3.59. The second-order valence-corrected chi connectivity index (χ2v) is 4.55. The molecule has 0 spiro atoms. The maximum Gasteiger partial charge on any atom is 0.146 e. The SMILES string of the molecule is Cc1ccc(F)c(NC(C)c2cc(F)ccc2O)c1. The van der Waals surface area contributed by atoms with Crippen molar-refractivity contribution in [2.24, 2.45) is 0 Å². The van der Waals surface area contributed by atoms with Crippen molar-refractivity contribution in [3.8, 4) is 5.75 Å². The third-order valence-corrected chi connectivity index (χ3v) is 2.95. The quantitative estimate of drug-likeness (QED) is 0.871. The van der Waals surface area contributed by atoms with Gasteiger partial charge >= 0.3 is 0 Å². The van der Waals surface area contributed by atoms with E-state index in [9.17, 15) is 13.9 Å². The molecule has 0 radical (unpaired) electrons. The molecular weight excluding hydrogens is 248 g/mol. The molecule has 0 heterocycles. The van der Waals surface area contributed by atoms with Gasteiger partial charge in [-0.25, -0.2) is 8.78 Å². The molecule has 4 heteroatoms. The number of phenolic OH excluding ortho intramolecular Hbond substituents is 1. The van der Waals surface area contributed by atoms with Gasteiger partial charge in [0, 0.05) is 5.56 Å². The lowest BCUT2D eigenvalue weighted by atomic mass is 10.1. The van der Waals surface area contributed by atoms with Crippen LogP contribution in [0.1, 0.15) is 24.1 Å². The Morgan fingerprint density at radius 2 is 1.84 bits per heavy atom. The lowest BCUT2D eigenvalue weighted by Gasteiger charge is -2.17. The Labute approximate surface area is 110 Å². The van der Waals surface area contributed by atoms with E-state index in [1.54, 1.807) is 19.1 Å². The van der Waals surface area contributed by atoms with Gasteiger partial charge in [-0.05, 0) is 49.7 Å². The second kappa shape index (κ2) is 5.26. The van der Waals surface area contributed by atoms with Crippen molar-refractivity contribution < 1.29 is 13.9 Å². The molecule has 0 fully saturated rings. The van der Waals surface area contributed by atoms with Crippen molar-refractivity contribution in [1.82, 2.24) is 0 Å². The van der Waals surface area contributed by atoms with Crippen LogP contribution in [-0.2, 0) is 0 Å². The van der Waals surface area contributed by atoms with Gasteiger partial charge in [-0.1, -0.05) is 6.07 Å². The van der Waals surface area contributed by atoms with Gasteiger partial charge in [0.2, 0.25) is 0 Å². The Bertz CT molecular complexity index is 599. The monoisotopic (exact) mass is 263 g/mol. The summed E-state index contributed by atoms with van der Waals surface area (Å²) in [6, 6.07) is 8.00. The molecule has 0 aliphatic carbocycles. The van der Waals surface area contributed by atoms with E-state index in [1.165, 1.54) is 24.3 Å². The number of hydrogen-bond acceptors (Lipinski definition) is 2. The van der Waals surface area contributed by atoms with E-state index in [1.807, 2.05) is 6.92 Å². The largest absolute Gasteiger partial charge is 0.508 e. The summed E-state index contributed by atoms with van der Waals surface area (Å²) >= 11 is 0. The zero-order valence-corrected chi connectivity index (χ0v) is 10.7. The van der Waals surface area contributed by atoms with Crippen LogP contribution in [0.5, 0.6) is 5.75 Å². The first-order valence-electron chi connectivity index (χ1n) is 5.98. The zero-order valence-electron chi connectivity index (χ0n) is 10.7. The minimum Gasteiger partial charge on any atom is -0.508 e. The number of halogens is 2. The Kier molecular flexibility index (Phi) is 3.69. The van der Waals surface area contributed by atoms with E-state index in [4.69, 9.17) is 0 Å². The molecule has 2 N–H and O–H groups in total. The number of aryl methyl sites for hydroxylation is 1. The lowest BCUT2D eigenvalue weighted by Crippen LogP contribution is -2.08. The first-order valence-corrected chi connectivity index (χ1v) is 5.98. The highest BCUT2D eigenvalue weighted by molar-refractivity contribution is 5.50. The summed E-state index contributed by atoms with van der Waals surface area (Å²) in [6.07, 6.45) is 0. The number of anilines is 1. The number of nitrogens with one attached hydrogen (secondary N) is 1. The van der Waals surface area contributed by atoms with Crippen molar-refractivity contribution in [1.29, 1.82) is 0 Å². The van der Waals surface area contributed by atoms with Gasteiger partial charge in [-0.15, -0.1) is 0 Å². The summed E-state index contributed by atoms with van der Waals surface area (Å²) < 4.78 is 26.8. The molecule has 0 aliphatic heterocycles. The van der Waals surface area contributed by atoms with E-state index >= 15 is 0 Å². The molecule has 1 atom stereocenters. The number of hydrogen-bond donors (Lipinski definition) is 2. The number of rotatable bonds is 3. The Morgan fingerprint density at radius 3 is 2.58 bits per heavy atom. The standard InChI is InChI=1S/C15H15F2NO/c1-9-3-5-13(17)14(7-9)18-10(2)12-8-11(16)4-6-15(12)19/h3-8,10,18-19H,1-2H3. The fourth-order valence-corrected chi connectivity index (χ4v) is 1.93. The maximum atomic E-state index is 13.6. The van der Waals surface area contributed by atoms with Crippen molar-refractivity contribution in [3.63, 3.8) is 0 Å². The lowest BCUT2D eigenvalue weighted by molar-refractivity contribution is 0.462. The van der Waals surface area contributed by atoms with Gasteiger partial charge in [0.15, 0.2) is 0 Å². The molecule has 2 rings (SSSR count). The van der Waals surface area contributed by atoms with Crippen LogP contribution < -0.4 is 5.32 Å². The van der Waals surface area contributed by atoms with Crippen LogP contribution in [0.2, 0.25) is 0 Å². The van der Waals surface area contributed by atoms with Gasteiger partial charge in [-0.3, -0.25) is 0 Å². The molecule has 0 amide bonds. The Morgan fingerprint density at radius 1 is 1.11 bits per heavy atom. The van der Waals surface area contributed by atoms with Crippen molar-refractivity contribution in [2.45, 2.75) is 19.9 Å². The first-order chi connectivity index (χ1) is 8.97. The Balaban J connectivity index is 2.27. The molecule has 0 saturated carbocycles. The maximum absolute atomic E-state index is 13.6. The number of phenols is 1. The molecule has 2 nitrogen and oxygen atoms in total. The van der Waals surface area contributed by atoms with E-state index < -0.39 is 11.9 Å². The van der Waals surface area contributed by atoms with Crippen LogP contribution in [0.25, 0.3) is 0 Å². The summed E-state index contributed by atoms with van der Waals surface area (Å²) in [5.74, 6) is -0.839. The van der Waals surface area contributed by atoms with Crippen LogP contribution >= 0.6 is 0 Å². The molecule has 1 unspecified atom stereocenters. The predicted octanol–water partition coefficient (Wildman–Crippen LogP) is 4.15. The van der Waals surface area contributed by atoms with Crippen LogP contribution in [0.15, 0.2) is 36.4 Å². The summed E-state index contributed by atoms with van der Waals surface area (Å²) in [5.41, 5.74) is 1.64. The number of benzene rings is 2. The fourth-order valence-electron chi connectivity index (χ4n) is 1.93. The zero-order chi connectivity index (χ0) is 14.0. The van der Waals surface area contributed by atoms with E-state index in [0.29, 0.717) is 11.3 Å². The van der Waals surface area contributed by atoms with E-state index in [0.717, 1.165) is 5.56 Å². The highest BCUT2D eigenvalue weighted by Gasteiger charge is 2.13. The van der Waals surface area contributed by atoms with Crippen molar-refractivity contribution in [2.75, 3.05) is 5.32 Å². The minimum atomic E-state index is -0.439. The molecule has 2 aromatic rings. The van der Waals surface area contributed by atoms with Gasteiger partial charge in [0.1, 0.15) is 17.4 Å². The highest BCUT2D eigenvalue weighted by Crippen LogP contribution is 2.28. The molecule has 0 bridgehead atoms. The number of aromatic hydroxyl groups is 1. The first kappa shape index (κ1) is 13.3. The fraction of sp³-hybridized carbons (Fsp3) is 0.200. The van der Waals surface area contributed by atoms with Crippen molar-refractivity contribution in [3.05, 3.63) is 59.2 Å². The van der Waals surface area contributed by atoms with Crippen LogP contribution in [0.3, 0.4) is 0 Å². The minimum absolute atomic E-state index is 0.0190. The predicted molar refractivity (Wildman–Crippen MR) is 71.2 cm³/mol. The van der Waals surface area contributed by atoms with E-state index in [-0.39, 0.29) is 11.6 Å².